The molecule has 0 aromatic heterocycles. The number of rotatable bonds is 7. The van der Waals surface area contributed by atoms with Crippen LogP contribution in [0.3, 0.4) is 0 Å². The van der Waals surface area contributed by atoms with Gasteiger partial charge in [0.25, 0.3) is 0 Å². The van der Waals surface area contributed by atoms with Gasteiger partial charge in [-0.3, -0.25) is 4.79 Å². The summed E-state index contributed by atoms with van der Waals surface area (Å²) in [5, 5.41) is 3.27. The molecule has 3 unspecified atom stereocenters. The normalized spacial score (nSPS) is 28.1. The molecule has 4 heteroatoms. The highest BCUT2D eigenvalue weighted by Crippen LogP contribution is 2.36. The predicted octanol–water partition coefficient (Wildman–Crippen LogP) is 2.18. The number of fused-ring (bicyclic) bond motifs is 1. The van der Waals surface area contributed by atoms with Crippen molar-refractivity contribution in [3.05, 3.63) is 0 Å². The fourth-order valence-corrected chi connectivity index (χ4v) is 3.92. The number of nitrogens with one attached hydrogen (secondary N) is 1. The maximum absolute atomic E-state index is 11.9. The van der Waals surface area contributed by atoms with Crippen LogP contribution in [0.25, 0.3) is 0 Å². The Bertz CT molecular complexity index is 309. The van der Waals surface area contributed by atoms with E-state index in [0.29, 0.717) is 6.61 Å². The van der Waals surface area contributed by atoms with Gasteiger partial charge in [-0.25, -0.2) is 0 Å². The van der Waals surface area contributed by atoms with Gasteiger partial charge in [0.1, 0.15) is 6.04 Å². The third-order valence-corrected chi connectivity index (χ3v) is 4.83. The van der Waals surface area contributed by atoms with Crippen molar-refractivity contribution in [2.75, 3.05) is 26.2 Å². The summed E-state index contributed by atoms with van der Waals surface area (Å²) in [7, 11) is 0. The molecule has 1 aliphatic heterocycles. The minimum absolute atomic E-state index is 0.0886. The average Bonchev–Trinajstić information content (AvgIpc) is 2.92. The Morgan fingerprint density at radius 1 is 1.30 bits per heavy atom. The molecular formula is C16H30N2O2. The van der Waals surface area contributed by atoms with E-state index in [9.17, 15) is 4.79 Å². The first-order chi connectivity index (χ1) is 9.76. The third-order valence-electron chi connectivity index (χ3n) is 4.83. The van der Waals surface area contributed by atoms with E-state index in [1.165, 1.54) is 38.6 Å². The van der Waals surface area contributed by atoms with Crippen LogP contribution in [0.2, 0.25) is 0 Å². The van der Waals surface area contributed by atoms with Gasteiger partial charge in [0.2, 0.25) is 0 Å². The molecule has 116 valence electrons. The highest BCUT2D eigenvalue weighted by atomic mass is 16.5. The zero-order valence-electron chi connectivity index (χ0n) is 13.1. The molecule has 2 fully saturated rings. The van der Waals surface area contributed by atoms with Gasteiger partial charge >= 0.3 is 5.97 Å². The fourth-order valence-electron chi connectivity index (χ4n) is 3.92. The summed E-state index contributed by atoms with van der Waals surface area (Å²) in [4.78, 5) is 14.6. The summed E-state index contributed by atoms with van der Waals surface area (Å²) in [6, 6.07) is 0.648. The first-order valence-electron chi connectivity index (χ1n) is 8.40. The van der Waals surface area contributed by atoms with Crippen molar-refractivity contribution in [1.29, 1.82) is 0 Å². The zero-order valence-corrected chi connectivity index (χ0v) is 13.1. The summed E-state index contributed by atoms with van der Waals surface area (Å²) < 4.78 is 5.16. The first kappa shape index (κ1) is 15.8. The fraction of sp³-hybridized carbons (Fsp3) is 0.938. The van der Waals surface area contributed by atoms with Crippen molar-refractivity contribution in [2.45, 2.75) is 64.5 Å². The zero-order chi connectivity index (χ0) is 14.4. The second kappa shape index (κ2) is 7.99. The van der Waals surface area contributed by atoms with Gasteiger partial charge in [-0.2, -0.15) is 0 Å². The molecule has 0 aromatic carbocycles. The minimum atomic E-state index is -0.137. The molecule has 1 aliphatic carbocycles. The van der Waals surface area contributed by atoms with E-state index in [0.717, 1.165) is 31.5 Å². The largest absolute Gasteiger partial charge is 0.465 e. The van der Waals surface area contributed by atoms with Crippen LogP contribution < -0.4 is 5.32 Å². The smallest absolute Gasteiger partial charge is 0.323 e. The van der Waals surface area contributed by atoms with Crippen LogP contribution >= 0.6 is 0 Å². The highest BCUT2D eigenvalue weighted by Gasteiger charge is 2.35. The number of nitrogens with zero attached hydrogens (tertiary/aromatic N) is 1. The Labute approximate surface area is 123 Å². The molecule has 1 heterocycles. The number of piperidine rings is 1. The SMILES string of the molecule is CCNC(CCN1CCCC2CCCC21)C(=O)OCC. The molecule has 20 heavy (non-hydrogen) atoms. The summed E-state index contributed by atoms with van der Waals surface area (Å²) in [6.45, 7) is 7.43. The lowest BCUT2D eigenvalue weighted by Crippen LogP contribution is -2.46. The van der Waals surface area contributed by atoms with Crippen molar-refractivity contribution >= 4 is 5.97 Å². The molecule has 1 saturated carbocycles. The van der Waals surface area contributed by atoms with E-state index in [1.807, 2.05) is 13.8 Å². The van der Waals surface area contributed by atoms with Gasteiger partial charge in [0.05, 0.1) is 6.61 Å². The van der Waals surface area contributed by atoms with Crippen LogP contribution in [0.1, 0.15) is 52.4 Å². The number of ether oxygens (including phenoxy) is 1. The second-order valence-corrected chi connectivity index (χ2v) is 6.09. The number of hydrogen-bond acceptors (Lipinski definition) is 4. The van der Waals surface area contributed by atoms with E-state index in [1.54, 1.807) is 0 Å². The maximum Gasteiger partial charge on any atom is 0.323 e. The first-order valence-corrected chi connectivity index (χ1v) is 8.40. The van der Waals surface area contributed by atoms with E-state index in [4.69, 9.17) is 4.74 Å². The van der Waals surface area contributed by atoms with Gasteiger partial charge < -0.3 is 15.0 Å². The Kier molecular flexibility index (Phi) is 6.30. The lowest BCUT2D eigenvalue weighted by molar-refractivity contribution is -0.146. The van der Waals surface area contributed by atoms with Crippen molar-refractivity contribution in [3.63, 3.8) is 0 Å². The Balaban J connectivity index is 1.83. The molecule has 3 atom stereocenters. The molecular weight excluding hydrogens is 252 g/mol. The minimum Gasteiger partial charge on any atom is -0.465 e. The van der Waals surface area contributed by atoms with Gasteiger partial charge in [-0.1, -0.05) is 13.3 Å². The van der Waals surface area contributed by atoms with Gasteiger partial charge in [-0.05, 0) is 58.0 Å². The summed E-state index contributed by atoms with van der Waals surface area (Å²) in [5.74, 6) is 0.832. The summed E-state index contributed by atoms with van der Waals surface area (Å²) in [6.07, 6.45) is 7.77. The molecule has 0 amide bonds. The van der Waals surface area contributed by atoms with Crippen LogP contribution in [-0.4, -0.2) is 49.2 Å². The van der Waals surface area contributed by atoms with Crippen LogP contribution in [0.5, 0.6) is 0 Å². The lowest BCUT2D eigenvalue weighted by atomic mass is 9.91. The monoisotopic (exact) mass is 282 g/mol. The quantitative estimate of drug-likeness (QED) is 0.727. The number of likely N-dealkylation sites (tertiary alicyclic amines) is 1. The Hall–Kier alpha value is -0.610. The van der Waals surface area contributed by atoms with E-state index < -0.39 is 0 Å². The molecule has 4 nitrogen and oxygen atoms in total. The Morgan fingerprint density at radius 3 is 2.85 bits per heavy atom. The maximum atomic E-state index is 11.9. The molecule has 0 aromatic rings. The van der Waals surface area contributed by atoms with Crippen molar-refractivity contribution < 1.29 is 9.53 Å². The van der Waals surface area contributed by atoms with E-state index >= 15 is 0 Å². The van der Waals surface area contributed by atoms with Gasteiger partial charge in [0.15, 0.2) is 0 Å². The molecule has 1 N–H and O–H groups in total. The number of carbonyl (C=O) groups is 1. The van der Waals surface area contributed by atoms with Crippen LogP contribution in [0.15, 0.2) is 0 Å². The van der Waals surface area contributed by atoms with Crippen molar-refractivity contribution in [3.8, 4) is 0 Å². The highest BCUT2D eigenvalue weighted by molar-refractivity contribution is 5.75. The molecule has 2 rings (SSSR count). The third kappa shape index (κ3) is 3.95. The van der Waals surface area contributed by atoms with E-state index in [2.05, 4.69) is 10.2 Å². The van der Waals surface area contributed by atoms with Crippen LogP contribution in [0.4, 0.5) is 0 Å². The number of carbonyl (C=O) groups excluding carboxylic acids is 1. The van der Waals surface area contributed by atoms with E-state index in [-0.39, 0.29) is 12.0 Å². The number of hydrogen-bond donors (Lipinski definition) is 1. The predicted molar refractivity (Wildman–Crippen MR) is 80.7 cm³/mol. The topological polar surface area (TPSA) is 41.6 Å². The number of esters is 1. The van der Waals surface area contributed by atoms with Crippen LogP contribution in [-0.2, 0) is 9.53 Å². The van der Waals surface area contributed by atoms with Crippen LogP contribution in [0, 0.1) is 5.92 Å². The number of likely N-dealkylation sites (N-methyl/N-ethyl adjacent to an activating group) is 1. The summed E-state index contributed by atoms with van der Waals surface area (Å²) >= 11 is 0. The standard InChI is InChI=1S/C16H30N2O2/c1-3-17-14(16(19)20-4-2)10-12-18-11-6-8-13-7-5-9-15(13)18/h13-15,17H,3-12H2,1-2H3. The van der Waals surface area contributed by atoms with Gasteiger partial charge in [0, 0.05) is 12.6 Å². The van der Waals surface area contributed by atoms with Crippen molar-refractivity contribution in [1.82, 2.24) is 10.2 Å². The molecule has 0 radical (unpaired) electrons. The molecule has 0 spiro atoms. The second-order valence-electron chi connectivity index (χ2n) is 6.09. The molecule has 0 bridgehead atoms. The van der Waals surface area contributed by atoms with Crippen molar-refractivity contribution in [2.24, 2.45) is 5.92 Å². The molecule has 1 saturated heterocycles. The summed E-state index contributed by atoms with van der Waals surface area (Å²) in [5.41, 5.74) is 0. The van der Waals surface area contributed by atoms with Gasteiger partial charge in [-0.15, -0.1) is 0 Å². The lowest BCUT2D eigenvalue weighted by Gasteiger charge is -2.38. The Morgan fingerprint density at radius 2 is 2.10 bits per heavy atom. The average molecular weight is 282 g/mol. The molecule has 2 aliphatic rings.